The Bertz CT molecular complexity index is 473. The predicted octanol–water partition coefficient (Wildman–Crippen LogP) is 3.87. The minimum absolute atomic E-state index is 0.104. The largest absolute Gasteiger partial charge is 0.370 e. The zero-order chi connectivity index (χ0) is 15.1. The van der Waals surface area contributed by atoms with Crippen molar-refractivity contribution in [3.05, 3.63) is 22.8 Å². The fraction of sp³-hybridized carbons (Fsp3) is 0.625. The Hall–Kier alpha value is -1.29. The maximum atomic E-state index is 12.3. The number of nitrogens with zero attached hydrogens (tertiary/aromatic N) is 1. The molecule has 116 valence electrons. The van der Waals surface area contributed by atoms with E-state index in [1.807, 2.05) is 0 Å². The van der Waals surface area contributed by atoms with Gasteiger partial charge in [0.2, 0.25) is 0 Å². The van der Waals surface area contributed by atoms with E-state index in [-0.39, 0.29) is 5.91 Å². The maximum absolute atomic E-state index is 12.3. The molecular formula is C16H24ClN3O. The first-order chi connectivity index (χ1) is 10.2. The summed E-state index contributed by atoms with van der Waals surface area (Å²) in [6.07, 6.45) is 8.86. The number of pyridine rings is 1. The van der Waals surface area contributed by atoms with E-state index < -0.39 is 0 Å². The molecule has 2 rings (SSSR count). The first kappa shape index (κ1) is 16.1. The average molecular weight is 310 g/mol. The van der Waals surface area contributed by atoms with Crippen LogP contribution in [0.3, 0.4) is 0 Å². The molecule has 0 bridgehead atoms. The van der Waals surface area contributed by atoms with E-state index >= 15 is 0 Å². The topological polar surface area (TPSA) is 54.0 Å². The molecule has 0 spiro atoms. The summed E-state index contributed by atoms with van der Waals surface area (Å²) in [6.45, 7) is 3.66. The number of carbonyl (C=O) groups is 1. The molecule has 1 aliphatic carbocycles. The molecule has 0 unspecified atom stereocenters. The second-order valence-corrected chi connectivity index (χ2v) is 6.10. The maximum Gasteiger partial charge on any atom is 0.252 e. The average Bonchev–Trinajstić information content (AvgIpc) is 2.53. The first-order valence-corrected chi connectivity index (χ1v) is 8.26. The number of hydrogen-bond acceptors (Lipinski definition) is 3. The summed E-state index contributed by atoms with van der Waals surface area (Å²) in [5.74, 6) is 1.21. The predicted molar refractivity (Wildman–Crippen MR) is 86.9 cm³/mol. The van der Waals surface area contributed by atoms with E-state index in [4.69, 9.17) is 11.6 Å². The first-order valence-electron chi connectivity index (χ1n) is 7.88. The van der Waals surface area contributed by atoms with Crippen molar-refractivity contribution in [2.75, 3.05) is 18.4 Å². The van der Waals surface area contributed by atoms with Crippen LogP contribution in [0.15, 0.2) is 12.3 Å². The lowest BCUT2D eigenvalue weighted by molar-refractivity contribution is 0.0943. The molecule has 1 saturated carbocycles. The number of carbonyl (C=O) groups excluding carboxylic acids is 1. The van der Waals surface area contributed by atoms with Gasteiger partial charge in [0, 0.05) is 19.3 Å². The van der Waals surface area contributed by atoms with Crippen LogP contribution in [-0.4, -0.2) is 24.0 Å². The van der Waals surface area contributed by atoms with Gasteiger partial charge >= 0.3 is 0 Å². The van der Waals surface area contributed by atoms with Crippen LogP contribution in [-0.2, 0) is 0 Å². The van der Waals surface area contributed by atoms with E-state index in [0.29, 0.717) is 22.3 Å². The molecule has 0 radical (unpaired) electrons. The van der Waals surface area contributed by atoms with Crippen LogP contribution in [0, 0.1) is 5.92 Å². The quantitative estimate of drug-likeness (QED) is 0.838. The van der Waals surface area contributed by atoms with Crippen molar-refractivity contribution in [3.8, 4) is 0 Å². The molecule has 0 aliphatic heterocycles. The minimum atomic E-state index is -0.104. The molecule has 1 aromatic rings. The van der Waals surface area contributed by atoms with E-state index in [1.54, 1.807) is 6.07 Å². The molecule has 21 heavy (non-hydrogen) atoms. The van der Waals surface area contributed by atoms with Crippen LogP contribution < -0.4 is 10.6 Å². The van der Waals surface area contributed by atoms with Gasteiger partial charge in [-0.15, -0.1) is 0 Å². The molecule has 1 fully saturated rings. The summed E-state index contributed by atoms with van der Waals surface area (Å²) in [4.78, 5) is 16.5. The minimum Gasteiger partial charge on any atom is -0.370 e. The molecule has 0 atom stereocenters. The van der Waals surface area contributed by atoms with Gasteiger partial charge in [0.15, 0.2) is 0 Å². The fourth-order valence-corrected chi connectivity index (χ4v) is 2.88. The van der Waals surface area contributed by atoms with Crippen molar-refractivity contribution in [3.63, 3.8) is 0 Å². The van der Waals surface area contributed by atoms with Gasteiger partial charge < -0.3 is 10.6 Å². The van der Waals surface area contributed by atoms with Crippen LogP contribution in [0.5, 0.6) is 0 Å². The third kappa shape index (κ3) is 4.88. The van der Waals surface area contributed by atoms with Gasteiger partial charge in [-0.25, -0.2) is 4.98 Å². The molecule has 1 aromatic heterocycles. The Labute approximate surface area is 131 Å². The number of nitrogens with one attached hydrogen (secondary N) is 2. The standard InChI is InChI=1S/C16H24ClN3O/c1-2-8-18-15-9-13(14(17)11-19-15)16(21)20-10-12-6-4-3-5-7-12/h9,11-12H,2-8,10H2,1H3,(H,18,19)(H,20,21). The molecule has 1 heterocycles. The zero-order valence-electron chi connectivity index (χ0n) is 12.6. The summed E-state index contributed by atoms with van der Waals surface area (Å²) >= 11 is 6.10. The van der Waals surface area contributed by atoms with Crippen LogP contribution in [0.4, 0.5) is 5.82 Å². The van der Waals surface area contributed by atoms with Crippen LogP contribution in [0.1, 0.15) is 55.8 Å². The summed E-state index contributed by atoms with van der Waals surface area (Å²) < 4.78 is 0. The molecule has 0 aromatic carbocycles. The monoisotopic (exact) mass is 309 g/mol. The lowest BCUT2D eigenvalue weighted by Crippen LogP contribution is -2.30. The summed E-state index contributed by atoms with van der Waals surface area (Å²) in [7, 11) is 0. The molecule has 4 nitrogen and oxygen atoms in total. The van der Waals surface area contributed by atoms with Gasteiger partial charge in [-0.05, 0) is 31.2 Å². The number of halogens is 1. The second kappa shape index (κ2) is 8.23. The van der Waals surface area contributed by atoms with Gasteiger partial charge in [0.05, 0.1) is 10.6 Å². The molecule has 1 amide bonds. The van der Waals surface area contributed by atoms with Crippen molar-refractivity contribution in [1.82, 2.24) is 10.3 Å². The van der Waals surface area contributed by atoms with E-state index in [2.05, 4.69) is 22.5 Å². The summed E-state index contributed by atoms with van der Waals surface area (Å²) in [5, 5.41) is 6.59. The van der Waals surface area contributed by atoms with Crippen molar-refractivity contribution in [2.24, 2.45) is 5.92 Å². The number of aromatic nitrogens is 1. The van der Waals surface area contributed by atoms with Crippen molar-refractivity contribution in [2.45, 2.75) is 45.4 Å². The normalized spacial score (nSPS) is 15.7. The molecule has 5 heteroatoms. The highest BCUT2D eigenvalue weighted by atomic mass is 35.5. The fourth-order valence-electron chi connectivity index (χ4n) is 2.69. The van der Waals surface area contributed by atoms with Crippen LogP contribution in [0.2, 0.25) is 5.02 Å². The lowest BCUT2D eigenvalue weighted by Gasteiger charge is -2.21. The van der Waals surface area contributed by atoms with Crippen molar-refractivity contribution in [1.29, 1.82) is 0 Å². The lowest BCUT2D eigenvalue weighted by atomic mass is 9.89. The van der Waals surface area contributed by atoms with Gasteiger partial charge in [-0.1, -0.05) is 37.8 Å². The molecule has 2 N–H and O–H groups in total. The third-order valence-corrected chi connectivity index (χ3v) is 4.23. The number of rotatable bonds is 6. The SMILES string of the molecule is CCCNc1cc(C(=O)NCC2CCCCC2)c(Cl)cn1. The molecule has 0 saturated heterocycles. The Morgan fingerprint density at radius 1 is 1.38 bits per heavy atom. The highest BCUT2D eigenvalue weighted by Gasteiger charge is 2.16. The molecular weight excluding hydrogens is 286 g/mol. The highest BCUT2D eigenvalue weighted by molar-refractivity contribution is 6.33. The third-order valence-electron chi connectivity index (χ3n) is 3.93. The second-order valence-electron chi connectivity index (χ2n) is 5.69. The Morgan fingerprint density at radius 3 is 2.86 bits per heavy atom. The zero-order valence-corrected chi connectivity index (χ0v) is 13.4. The van der Waals surface area contributed by atoms with E-state index in [9.17, 15) is 4.79 Å². The Balaban J connectivity index is 1.93. The van der Waals surface area contributed by atoms with E-state index in [0.717, 1.165) is 19.5 Å². The summed E-state index contributed by atoms with van der Waals surface area (Å²) in [5.41, 5.74) is 0.501. The number of anilines is 1. The van der Waals surface area contributed by atoms with Crippen molar-refractivity contribution >= 4 is 23.3 Å². The number of hydrogen-bond donors (Lipinski definition) is 2. The van der Waals surface area contributed by atoms with Crippen molar-refractivity contribution < 1.29 is 4.79 Å². The van der Waals surface area contributed by atoms with Crippen LogP contribution in [0.25, 0.3) is 0 Å². The van der Waals surface area contributed by atoms with Gasteiger partial charge in [-0.3, -0.25) is 4.79 Å². The van der Waals surface area contributed by atoms with E-state index in [1.165, 1.54) is 38.3 Å². The smallest absolute Gasteiger partial charge is 0.252 e. The molecule has 1 aliphatic rings. The van der Waals surface area contributed by atoms with Gasteiger partial charge in [0.25, 0.3) is 5.91 Å². The van der Waals surface area contributed by atoms with Crippen LogP contribution >= 0.6 is 11.6 Å². The highest BCUT2D eigenvalue weighted by Crippen LogP contribution is 2.23. The van der Waals surface area contributed by atoms with Gasteiger partial charge in [0.1, 0.15) is 5.82 Å². The Morgan fingerprint density at radius 2 is 2.14 bits per heavy atom. The van der Waals surface area contributed by atoms with Gasteiger partial charge in [-0.2, -0.15) is 0 Å². The Kier molecular flexibility index (Phi) is 6.30. The summed E-state index contributed by atoms with van der Waals surface area (Å²) in [6, 6.07) is 1.73. The number of amides is 1.